The maximum absolute atomic E-state index is 12.3. The van der Waals surface area contributed by atoms with Gasteiger partial charge in [-0.25, -0.2) is 10.2 Å². The quantitative estimate of drug-likeness (QED) is 0.733. The smallest absolute Gasteiger partial charge is 0.326 e. The summed E-state index contributed by atoms with van der Waals surface area (Å²) in [6.07, 6.45) is 1.73. The van der Waals surface area contributed by atoms with Crippen molar-refractivity contribution in [1.82, 2.24) is 10.3 Å². The van der Waals surface area contributed by atoms with Crippen molar-refractivity contribution in [2.45, 2.75) is 38.6 Å². The van der Waals surface area contributed by atoms with E-state index >= 15 is 0 Å². The summed E-state index contributed by atoms with van der Waals surface area (Å²) in [6.45, 7) is 2.40. The SMILES string of the molecule is CC1CCN(C(=O)C2=NNC(=O)CC2)C(C(=O)O)C1. The summed E-state index contributed by atoms with van der Waals surface area (Å²) < 4.78 is 0. The van der Waals surface area contributed by atoms with E-state index in [-0.39, 0.29) is 36.3 Å². The molecule has 2 atom stereocenters. The van der Waals surface area contributed by atoms with Crippen LogP contribution in [-0.2, 0) is 14.4 Å². The Morgan fingerprint density at radius 1 is 1.42 bits per heavy atom. The monoisotopic (exact) mass is 267 g/mol. The Hall–Kier alpha value is -1.92. The summed E-state index contributed by atoms with van der Waals surface area (Å²) in [5.41, 5.74) is 2.50. The number of carbonyl (C=O) groups excluding carboxylic acids is 2. The van der Waals surface area contributed by atoms with Crippen molar-refractivity contribution in [3.05, 3.63) is 0 Å². The summed E-state index contributed by atoms with van der Waals surface area (Å²) in [7, 11) is 0. The molecule has 2 amide bonds. The fourth-order valence-electron chi connectivity index (χ4n) is 2.41. The molecule has 7 heteroatoms. The first-order chi connectivity index (χ1) is 8.99. The zero-order chi connectivity index (χ0) is 14.0. The number of carboxylic acids is 1. The van der Waals surface area contributed by atoms with Crippen LogP contribution in [0.25, 0.3) is 0 Å². The number of aliphatic carboxylic acids is 1. The van der Waals surface area contributed by atoms with Crippen LogP contribution in [0.5, 0.6) is 0 Å². The molecule has 0 bridgehead atoms. The first kappa shape index (κ1) is 13.5. The van der Waals surface area contributed by atoms with Gasteiger partial charge in [0.1, 0.15) is 11.8 Å². The number of hydrazone groups is 1. The van der Waals surface area contributed by atoms with Gasteiger partial charge >= 0.3 is 5.97 Å². The first-order valence-electron chi connectivity index (χ1n) is 6.38. The van der Waals surface area contributed by atoms with Crippen molar-refractivity contribution < 1.29 is 19.5 Å². The van der Waals surface area contributed by atoms with Gasteiger partial charge in [-0.05, 0) is 18.8 Å². The van der Waals surface area contributed by atoms with Gasteiger partial charge in [0.15, 0.2) is 0 Å². The number of nitrogens with zero attached hydrogens (tertiary/aromatic N) is 2. The molecular weight excluding hydrogens is 250 g/mol. The Balaban J connectivity index is 2.12. The van der Waals surface area contributed by atoms with E-state index in [0.717, 1.165) is 6.42 Å². The number of likely N-dealkylation sites (tertiary alicyclic amines) is 1. The molecule has 2 heterocycles. The molecule has 0 radical (unpaired) electrons. The molecular formula is C12H17N3O4. The summed E-state index contributed by atoms with van der Waals surface area (Å²) in [6, 6.07) is -0.795. The fraction of sp³-hybridized carbons (Fsp3) is 0.667. The molecule has 19 heavy (non-hydrogen) atoms. The van der Waals surface area contributed by atoms with E-state index in [1.165, 1.54) is 4.90 Å². The highest BCUT2D eigenvalue weighted by Crippen LogP contribution is 2.23. The van der Waals surface area contributed by atoms with Crippen molar-refractivity contribution in [2.24, 2.45) is 11.0 Å². The van der Waals surface area contributed by atoms with Crippen LogP contribution in [0.2, 0.25) is 0 Å². The molecule has 0 aliphatic carbocycles. The van der Waals surface area contributed by atoms with Crippen LogP contribution >= 0.6 is 0 Å². The molecule has 2 aliphatic heterocycles. The number of hydrogen-bond donors (Lipinski definition) is 2. The second kappa shape index (κ2) is 5.38. The maximum Gasteiger partial charge on any atom is 0.326 e. The predicted molar refractivity (Wildman–Crippen MR) is 66.3 cm³/mol. The second-order valence-electron chi connectivity index (χ2n) is 5.08. The normalized spacial score (nSPS) is 27.5. The molecule has 0 aromatic carbocycles. The van der Waals surface area contributed by atoms with Crippen molar-refractivity contribution >= 4 is 23.5 Å². The van der Waals surface area contributed by atoms with Gasteiger partial charge in [-0.15, -0.1) is 0 Å². The first-order valence-corrected chi connectivity index (χ1v) is 6.38. The van der Waals surface area contributed by atoms with E-state index in [4.69, 9.17) is 0 Å². The Morgan fingerprint density at radius 3 is 2.74 bits per heavy atom. The zero-order valence-electron chi connectivity index (χ0n) is 10.8. The highest BCUT2D eigenvalue weighted by molar-refractivity contribution is 6.39. The molecule has 0 aromatic rings. The van der Waals surface area contributed by atoms with E-state index in [0.29, 0.717) is 13.0 Å². The van der Waals surface area contributed by atoms with E-state index in [1.807, 2.05) is 6.92 Å². The Morgan fingerprint density at radius 2 is 2.16 bits per heavy atom. The highest BCUT2D eigenvalue weighted by Gasteiger charge is 2.36. The molecule has 1 saturated heterocycles. The summed E-state index contributed by atoms with van der Waals surface area (Å²) in [5, 5.41) is 12.9. The van der Waals surface area contributed by atoms with Crippen molar-refractivity contribution in [3.63, 3.8) is 0 Å². The molecule has 2 aliphatic rings. The number of piperidine rings is 1. The minimum absolute atomic E-state index is 0.215. The highest BCUT2D eigenvalue weighted by atomic mass is 16.4. The second-order valence-corrected chi connectivity index (χ2v) is 5.08. The number of nitrogens with one attached hydrogen (secondary N) is 1. The summed E-state index contributed by atoms with van der Waals surface area (Å²) in [5.74, 6) is -1.30. The molecule has 0 aromatic heterocycles. The average Bonchev–Trinajstić information content (AvgIpc) is 2.38. The number of rotatable bonds is 2. The topological polar surface area (TPSA) is 99.1 Å². The van der Waals surface area contributed by atoms with Gasteiger partial charge < -0.3 is 10.0 Å². The number of carbonyl (C=O) groups is 3. The lowest BCUT2D eigenvalue weighted by Gasteiger charge is -2.36. The summed E-state index contributed by atoms with van der Waals surface area (Å²) in [4.78, 5) is 35.9. The standard InChI is InChI=1S/C12H17N3O4/c1-7-4-5-15(9(6-7)12(18)19)11(17)8-2-3-10(16)14-13-8/h7,9H,2-6H2,1H3,(H,14,16)(H,18,19). The van der Waals surface area contributed by atoms with Gasteiger partial charge in [0, 0.05) is 19.4 Å². The van der Waals surface area contributed by atoms with E-state index < -0.39 is 12.0 Å². The minimum Gasteiger partial charge on any atom is -0.480 e. The lowest BCUT2D eigenvalue weighted by atomic mass is 9.92. The Bertz CT molecular complexity index is 446. The van der Waals surface area contributed by atoms with Gasteiger partial charge in [0.2, 0.25) is 5.91 Å². The lowest BCUT2D eigenvalue weighted by molar-refractivity contribution is -0.150. The van der Waals surface area contributed by atoms with Crippen LogP contribution in [0, 0.1) is 5.92 Å². The molecule has 1 fully saturated rings. The van der Waals surface area contributed by atoms with Crippen molar-refractivity contribution in [1.29, 1.82) is 0 Å². The molecule has 7 nitrogen and oxygen atoms in total. The Labute approximate surface area is 110 Å². The predicted octanol–water partition coefficient (Wildman–Crippen LogP) is -0.0359. The lowest BCUT2D eigenvalue weighted by Crippen LogP contribution is -2.52. The summed E-state index contributed by atoms with van der Waals surface area (Å²) >= 11 is 0. The van der Waals surface area contributed by atoms with Crippen LogP contribution in [0.1, 0.15) is 32.6 Å². The molecule has 0 saturated carbocycles. The largest absolute Gasteiger partial charge is 0.480 e. The average molecular weight is 267 g/mol. The van der Waals surface area contributed by atoms with Crippen LogP contribution in [0.3, 0.4) is 0 Å². The number of amides is 2. The van der Waals surface area contributed by atoms with Gasteiger partial charge in [-0.1, -0.05) is 6.92 Å². The number of carboxylic acid groups (broad SMARTS) is 1. The fourth-order valence-corrected chi connectivity index (χ4v) is 2.41. The zero-order valence-corrected chi connectivity index (χ0v) is 10.8. The van der Waals surface area contributed by atoms with E-state index in [9.17, 15) is 19.5 Å². The van der Waals surface area contributed by atoms with Crippen molar-refractivity contribution in [3.8, 4) is 0 Å². The van der Waals surface area contributed by atoms with Crippen LogP contribution in [0.4, 0.5) is 0 Å². The van der Waals surface area contributed by atoms with Gasteiger partial charge in [-0.2, -0.15) is 5.10 Å². The van der Waals surface area contributed by atoms with E-state index in [2.05, 4.69) is 10.5 Å². The third-order valence-corrected chi connectivity index (χ3v) is 3.56. The van der Waals surface area contributed by atoms with Crippen LogP contribution < -0.4 is 5.43 Å². The maximum atomic E-state index is 12.3. The number of hydrogen-bond acceptors (Lipinski definition) is 4. The molecule has 2 N–H and O–H groups in total. The molecule has 2 unspecified atom stereocenters. The van der Waals surface area contributed by atoms with Crippen LogP contribution in [-0.4, -0.2) is 46.1 Å². The Kier molecular flexibility index (Phi) is 3.82. The van der Waals surface area contributed by atoms with Crippen molar-refractivity contribution in [2.75, 3.05) is 6.54 Å². The van der Waals surface area contributed by atoms with Gasteiger partial charge in [0.25, 0.3) is 5.91 Å². The van der Waals surface area contributed by atoms with Gasteiger partial charge in [0.05, 0.1) is 0 Å². The third-order valence-electron chi connectivity index (χ3n) is 3.56. The third kappa shape index (κ3) is 2.91. The van der Waals surface area contributed by atoms with E-state index in [1.54, 1.807) is 0 Å². The minimum atomic E-state index is -0.986. The molecule has 2 rings (SSSR count). The van der Waals surface area contributed by atoms with Crippen LogP contribution in [0.15, 0.2) is 5.10 Å². The molecule has 0 spiro atoms. The van der Waals surface area contributed by atoms with Gasteiger partial charge in [-0.3, -0.25) is 9.59 Å². The molecule has 104 valence electrons.